The van der Waals surface area contributed by atoms with Crippen molar-refractivity contribution in [3.63, 3.8) is 0 Å². The molecule has 4 aromatic rings. The Bertz CT molecular complexity index is 1210. The van der Waals surface area contributed by atoms with Crippen LogP contribution in [0, 0.1) is 0 Å². The number of anilines is 1. The highest BCUT2D eigenvalue weighted by Gasteiger charge is 2.26. The zero-order valence-electron chi connectivity index (χ0n) is 16.5. The Labute approximate surface area is 172 Å². The number of benzene rings is 1. The van der Waals surface area contributed by atoms with Crippen LogP contribution in [0.4, 0.5) is 5.69 Å². The van der Waals surface area contributed by atoms with Crippen LogP contribution < -0.4 is 14.8 Å². The zero-order valence-corrected chi connectivity index (χ0v) is 16.5. The van der Waals surface area contributed by atoms with E-state index >= 15 is 0 Å². The van der Waals surface area contributed by atoms with Crippen LogP contribution in [-0.2, 0) is 4.79 Å². The molecule has 0 fully saturated rings. The fourth-order valence-electron chi connectivity index (χ4n) is 3.28. The largest absolute Gasteiger partial charge is 0.495 e. The van der Waals surface area contributed by atoms with Gasteiger partial charge in [-0.1, -0.05) is 30.3 Å². The highest BCUT2D eigenvalue weighted by atomic mass is 16.5. The number of carbonyl (C=O) groups is 2. The van der Waals surface area contributed by atoms with Gasteiger partial charge in [0.25, 0.3) is 11.7 Å². The number of aromatic nitrogens is 2. The van der Waals surface area contributed by atoms with Gasteiger partial charge >= 0.3 is 0 Å². The van der Waals surface area contributed by atoms with E-state index in [2.05, 4.69) is 10.3 Å². The lowest BCUT2D eigenvalue weighted by atomic mass is 10.0. The minimum absolute atomic E-state index is 0.258. The molecule has 0 radical (unpaired) electrons. The number of Topliss-reactive ketones (excluding diaryl/α,β-unsaturated/α-hetero) is 1. The monoisotopic (exact) mass is 401 g/mol. The minimum atomic E-state index is -0.762. The van der Waals surface area contributed by atoms with Crippen molar-refractivity contribution < 1.29 is 19.1 Å². The van der Waals surface area contributed by atoms with Crippen LogP contribution in [0.2, 0.25) is 0 Å². The molecular formula is C23H19N3O4. The summed E-state index contributed by atoms with van der Waals surface area (Å²) in [7, 11) is 3.07. The van der Waals surface area contributed by atoms with E-state index < -0.39 is 11.7 Å². The topological polar surface area (TPSA) is 81.9 Å². The molecule has 0 atom stereocenters. The third-order valence-electron chi connectivity index (χ3n) is 4.70. The van der Waals surface area contributed by atoms with Crippen molar-refractivity contribution in [2.75, 3.05) is 19.5 Å². The second-order valence-electron chi connectivity index (χ2n) is 6.48. The van der Waals surface area contributed by atoms with Gasteiger partial charge < -0.3 is 19.2 Å². The van der Waals surface area contributed by atoms with Gasteiger partial charge in [-0.3, -0.25) is 9.59 Å². The fraction of sp³-hybridized carbons (Fsp3) is 0.0870. The Morgan fingerprint density at radius 1 is 0.967 bits per heavy atom. The molecule has 0 aliphatic carbocycles. The van der Waals surface area contributed by atoms with Crippen LogP contribution in [0.3, 0.4) is 0 Å². The number of ketones is 1. The molecule has 1 aromatic carbocycles. The number of carbonyl (C=O) groups excluding carboxylic acids is 2. The molecule has 7 nitrogen and oxygen atoms in total. The first-order valence-electron chi connectivity index (χ1n) is 9.21. The number of fused-ring (bicyclic) bond motifs is 1. The van der Waals surface area contributed by atoms with Gasteiger partial charge in [0.15, 0.2) is 0 Å². The summed E-state index contributed by atoms with van der Waals surface area (Å²) >= 11 is 0. The molecular weight excluding hydrogens is 382 g/mol. The van der Waals surface area contributed by atoms with Gasteiger partial charge in [0.1, 0.15) is 11.4 Å². The Hall–Kier alpha value is -4.13. The Morgan fingerprint density at radius 3 is 2.43 bits per heavy atom. The van der Waals surface area contributed by atoms with Crippen LogP contribution in [-0.4, -0.2) is 35.3 Å². The summed E-state index contributed by atoms with van der Waals surface area (Å²) in [4.78, 5) is 30.0. The molecule has 1 amide bonds. The standard InChI is InChI=1S/C23H19N3O4/c1-29-19-9-6-12-26-18(19)13-17(15-7-4-3-5-8-15)21(26)22(27)23(28)25-16-10-11-20(30-2)24-14-16/h3-14H,1-2H3,(H,25,28). The van der Waals surface area contributed by atoms with E-state index in [0.29, 0.717) is 28.4 Å². The minimum Gasteiger partial charge on any atom is -0.495 e. The Balaban J connectivity index is 1.77. The molecule has 0 saturated heterocycles. The highest BCUT2D eigenvalue weighted by Crippen LogP contribution is 2.32. The van der Waals surface area contributed by atoms with E-state index in [9.17, 15) is 9.59 Å². The molecule has 3 heterocycles. The number of nitrogens with zero attached hydrogens (tertiary/aromatic N) is 2. The average molecular weight is 401 g/mol. The Kier molecular flexibility index (Phi) is 5.17. The number of ether oxygens (including phenoxy) is 2. The second kappa shape index (κ2) is 8.08. The molecule has 0 aliphatic heterocycles. The molecule has 0 bridgehead atoms. The molecule has 0 unspecified atom stereocenters. The van der Waals surface area contributed by atoms with Gasteiger partial charge in [-0.2, -0.15) is 0 Å². The van der Waals surface area contributed by atoms with Crippen LogP contribution in [0.15, 0.2) is 73.1 Å². The first-order chi connectivity index (χ1) is 14.6. The van der Waals surface area contributed by atoms with Gasteiger partial charge in [0, 0.05) is 17.8 Å². The number of amides is 1. The first kappa shape index (κ1) is 19.2. The zero-order chi connectivity index (χ0) is 21.1. The quantitative estimate of drug-likeness (QED) is 0.392. The predicted octanol–water partition coefficient (Wildman–Crippen LogP) is 3.84. The number of hydrogen-bond acceptors (Lipinski definition) is 5. The highest BCUT2D eigenvalue weighted by molar-refractivity contribution is 6.47. The molecule has 1 N–H and O–H groups in total. The van der Waals surface area contributed by atoms with Crippen LogP contribution in [0.25, 0.3) is 16.6 Å². The van der Waals surface area contributed by atoms with Crippen LogP contribution in [0.5, 0.6) is 11.6 Å². The van der Waals surface area contributed by atoms with Gasteiger partial charge in [-0.05, 0) is 29.8 Å². The Morgan fingerprint density at radius 2 is 1.77 bits per heavy atom. The summed E-state index contributed by atoms with van der Waals surface area (Å²) < 4.78 is 12.1. The van der Waals surface area contributed by atoms with E-state index in [1.54, 1.807) is 35.9 Å². The maximum Gasteiger partial charge on any atom is 0.298 e. The lowest BCUT2D eigenvalue weighted by Crippen LogP contribution is -2.24. The maximum atomic E-state index is 13.2. The van der Waals surface area contributed by atoms with Gasteiger partial charge in [-0.15, -0.1) is 0 Å². The van der Waals surface area contributed by atoms with Crippen molar-refractivity contribution in [3.8, 4) is 22.8 Å². The molecule has 0 spiro atoms. The number of rotatable bonds is 6. The predicted molar refractivity (Wildman–Crippen MR) is 113 cm³/mol. The molecule has 0 aliphatic rings. The molecule has 150 valence electrons. The van der Waals surface area contributed by atoms with Crippen molar-refractivity contribution in [2.45, 2.75) is 0 Å². The number of methoxy groups -OCH3 is 2. The smallest absolute Gasteiger partial charge is 0.298 e. The summed E-state index contributed by atoms with van der Waals surface area (Å²) in [5.41, 5.74) is 2.82. The van der Waals surface area contributed by atoms with E-state index in [0.717, 1.165) is 5.56 Å². The van der Waals surface area contributed by atoms with E-state index in [-0.39, 0.29) is 5.69 Å². The molecule has 3 aromatic heterocycles. The average Bonchev–Trinajstić information content (AvgIpc) is 3.19. The number of pyridine rings is 2. The maximum absolute atomic E-state index is 13.2. The SMILES string of the molecule is COc1ccc(NC(=O)C(=O)c2c(-c3ccccc3)cc3c(OC)cccn23)cn1. The van der Waals surface area contributed by atoms with Gasteiger partial charge in [0.05, 0.1) is 31.6 Å². The van der Waals surface area contributed by atoms with Crippen molar-refractivity contribution >= 4 is 22.9 Å². The molecule has 7 heteroatoms. The van der Waals surface area contributed by atoms with Crippen molar-refractivity contribution in [3.05, 3.63) is 78.8 Å². The van der Waals surface area contributed by atoms with Crippen LogP contribution >= 0.6 is 0 Å². The summed E-state index contributed by atoms with van der Waals surface area (Å²) in [6.07, 6.45) is 3.17. The molecule has 0 saturated carbocycles. The van der Waals surface area contributed by atoms with E-state index in [1.807, 2.05) is 42.5 Å². The lowest BCUT2D eigenvalue weighted by molar-refractivity contribution is -0.112. The van der Waals surface area contributed by atoms with Gasteiger partial charge in [0.2, 0.25) is 5.88 Å². The lowest BCUT2D eigenvalue weighted by Gasteiger charge is -2.08. The first-order valence-corrected chi connectivity index (χ1v) is 9.21. The number of hydrogen-bond donors (Lipinski definition) is 1. The summed E-state index contributed by atoms with van der Waals surface area (Å²) in [5, 5.41) is 2.60. The second-order valence-corrected chi connectivity index (χ2v) is 6.48. The number of nitrogens with one attached hydrogen (secondary N) is 1. The third kappa shape index (κ3) is 3.48. The van der Waals surface area contributed by atoms with Crippen LogP contribution in [0.1, 0.15) is 10.5 Å². The third-order valence-corrected chi connectivity index (χ3v) is 4.70. The summed E-state index contributed by atoms with van der Waals surface area (Å²) in [6.45, 7) is 0. The van der Waals surface area contributed by atoms with Crippen molar-refractivity contribution in [2.24, 2.45) is 0 Å². The summed E-state index contributed by atoms with van der Waals surface area (Å²) in [6, 6.07) is 18.1. The van der Waals surface area contributed by atoms with E-state index in [4.69, 9.17) is 9.47 Å². The molecule has 4 rings (SSSR count). The normalized spacial score (nSPS) is 10.6. The van der Waals surface area contributed by atoms with Crippen molar-refractivity contribution in [1.29, 1.82) is 0 Å². The van der Waals surface area contributed by atoms with E-state index in [1.165, 1.54) is 13.3 Å². The van der Waals surface area contributed by atoms with Crippen molar-refractivity contribution in [1.82, 2.24) is 9.38 Å². The molecule has 30 heavy (non-hydrogen) atoms. The van der Waals surface area contributed by atoms with Gasteiger partial charge in [-0.25, -0.2) is 4.98 Å². The fourth-order valence-corrected chi connectivity index (χ4v) is 3.28. The summed E-state index contributed by atoms with van der Waals surface area (Å²) in [5.74, 6) is -0.413.